The van der Waals surface area contributed by atoms with E-state index in [1.54, 1.807) is 19.1 Å². The molecular formula is C19H24ClN3O4. The lowest BCUT2D eigenvalue weighted by Crippen LogP contribution is -2.34. The maximum Gasteiger partial charge on any atom is 0.330 e. The number of methoxy groups -OCH3 is 1. The highest BCUT2D eigenvalue weighted by Gasteiger charge is 2.26. The third-order valence-electron chi connectivity index (χ3n) is 4.61. The van der Waals surface area contributed by atoms with Gasteiger partial charge >= 0.3 is 5.97 Å². The van der Waals surface area contributed by atoms with Gasteiger partial charge in [0.25, 0.3) is 5.91 Å². The molecule has 0 aliphatic carbocycles. The number of carboxylic acid groups (broad SMARTS) is 1. The van der Waals surface area contributed by atoms with Crippen LogP contribution in [0, 0.1) is 6.92 Å². The van der Waals surface area contributed by atoms with Crippen LogP contribution in [0.4, 0.5) is 0 Å². The van der Waals surface area contributed by atoms with Crippen molar-refractivity contribution in [2.75, 3.05) is 7.11 Å². The molecule has 1 aromatic heterocycles. The Hall–Kier alpha value is -2.54. The predicted octanol–water partition coefficient (Wildman–Crippen LogP) is 3.77. The third-order valence-corrected chi connectivity index (χ3v) is 4.90. The van der Waals surface area contributed by atoms with Crippen molar-refractivity contribution in [1.29, 1.82) is 0 Å². The molecule has 27 heavy (non-hydrogen) atoms. The van der Waals surface area contributed by atoms with Crippen molar-refractivity contribution >= 4 is 23.5 Å². The van der Waals surface area contributed by atoms with Gasteiger partial charge in [0, 0.05) is 5.69 Å². The largest absolute Gasteiger partial charge is 0.495 e. The molecule has 1 atom stereocenters. The molecule has 1 amide bonds. The minimum absolute atomic E-state index is 0.196. The van der Waals surface area contributed by atoms with Crippen LogP contribution in [0.25, 0.3) is 0 Å². The van der Waals surface area contributed by atoms with Crippen molar-refractivity contribution in [1.82, 2.24) is 15.1 Å². The summed E-state index contributed by atoms with van der Waals surface area (Å²) in [6.07, 6.45) is 3.26. The first-order valence-electron chi connectivity index (χ1n) is 8.75. The normalized spacial score (nSPS) is 12.1. The second-order valence-corrected chi connectivity index (χ2v) is 6.60. The molecule has 0 saturated heterocycles. The van der Waals surface area contributed by atoms with Gasteiger partial charge in [-0.2, -0.15) is 5.10 Å². The molecule has 0 aliphatic heterocycles. The average molecular weight is 394 g/mol. The fraction of sp³-hybridized carbons (Fsp3) is 0.421. The maximum absolute atomic E-state index is 12.7. The van der Waals surface area contributed by atoms with E-state index in [1.165, 1.54) is 19.4 Å². The molecule has 1 heterocycles. The van der Waals surface area contributed by atoms with E-state index in [0.717, 1.165) is 12.8 Å². The maximum atomic E-state index is 12.7. The SMILES string of the molecule is CCC(CC)n1ncc(C(=O)NC(C(=O)O)c2ccc(OC)c(Cl)c2)c1C. The molecule has 0 bridgehead atoms. The number of carbonyl (C=O) groups excluding carboxylic acids is 1. The summed E-state index contributed by atoms with van der Waals surface area (Å²) in [5.41, 5.74) is 1.41. The Morgan fingerprint density at radius 1 is 1.33 bits per heavy atom. The van der Waals surface area contributed by atoms with Gasteiger partial charge in [-0.25, -0.2) is 4.79 Å². The second-order valence-electron chi connectivity index (χ2n) is 6.20. The number of rotatable bonds is 8. The quantitative estimate of drug-likeness (QED) is 0.712. The zero-order chi connectivity index (χ0) is 20.1. The standard InChI is InChI=1S/C19H24ClN3O4/c1-5-13(6-2)23-11(3)14(10-21-23)18(24)22-17(19(25)26)12-7-8-16(27-4)15(20)9-12/h7-10,13,17H,5-6H2,1-4H3,(H,22,24)(H,25,26). The van der Waals surface area contributed by atoms with Crippen molar-refractivity contribution in [2.45, 2.75) is 45.7 Å². The molecule has 7 nitrogen and oxygen atoms in total. The molecule has 2 aromatic rings. The van der Waals surface area contributed by atoms with Gasteiger partial charge < -0.3 is 15.2 Å². The first kappa shape index (κ1) is 20.8. The Labute approximate surface area is 163 Å². The van der Waals surface area contributed by atoms with E-state index in [0.29, 0.717) is 22.6 Å². The van der Waals surface area contributed by atoms with E-state index >= 15 is 0 Å². The number of hydrogen-bond donors (Lipinski definition) is 2. The summed E-state index contributed by atoms with van der Waals surface area (Å²) in [4.78, 5) is 24.4. The molecule has 2 rings (SSSR count). The summed E-state index contributed by atoms with van der Waals surface area (Å²) in [6, 6.07) is 3.55. The number of aliphatic carboxylic acids is 1. The number of ether oxygens (including phenoxy) is 1. The van der Waals surface area contributed by atoms with Crippen molar-refractivity contribution in [3.05, 3.63) is 46.2 Å². The number of nitrogens with one attached hydrogen (secondary N) is 1. The fourth-order valence-electron chi connectivity index (χ4n) is 3.01. The first-order chi connectivity index (χ1) is 12.8. The highest BCUT2D eigenvalue weighted by atomic mass is 35.5. The number of hydrogen-bond acceptors (Lipinski definition) is 4. The topological polar surface area (TPSA) is 93.5 Å². The van der Waals surface area contributed by atoms with Crippen LogP contribution >= 0.6 is 11.6 Å². The molecule has 1 aromatic carbocycles. The van der Waals surface area contributed by atoms with E-state index in [9.17, 15) is 14.7 Å². The van der Waals surface area contributed by atoms with Crippen LogP contribution in [0.5, 0.6) is 5.75 Å². The van der Waals surface area contributed by atoms with Crippen molar-refractivity contribution in [3.8, 4) is 5.75 Å². The van der Waals surface area contributed by atoms with Crippen LogP contribution in [0.3, 0.4) is 0 Å². The lowest BCUT2D eigenvalue weighted by Gasteiger charge is -2.17. The minimum Gasteiger partial charge on any atom is -0.495 e. The van der Waals surface area contributed by atoms with Crippen LogP contribution in [0.2, 0.25) is 5.02 Å². The monoisotopic (exact) mass is 393 g/mol. The number of halogens is 1. The molecule has 2 N–H and O–H groups in total. The summed E-state index contributed by atoms with van der Waals surface area (Å²) >= 11 is 6.08. The summed E-state index contributed by atoms with van der Waals surface area (Å²) in [6.45, 7) is 5.92. The zero-order valence-corrected chi connectivity index (χ0v) is 16.6. The molecule has 0 radical (unpaired) electrons. The molecule has 0 saturated carbocycles. The molecule has 1 unspecified atom stereocenters. The molecule has 0 aliphatic rings. The van der Waals surface area contributed by atoms with Crippen LogP contribution in [-0.4, -0.2) is 33.9 Å². The number of amides is 1. The van der Waals surface area contributed by atoms with Crippen LogP contribution in [0.15, 0.2) is 24.4 Å². The Bertz CT molecular complexity index is 830. The second kappa shape index (κ2) is 8.90. The highest BCUT2D eigenvalue weighted by Crippen LogP contribution is 2.28. The van der Waals surface area contributed by atoms with Crippen molar-refractivity contribution in [2.24, 2.45) is 0 Å². The van der Waals surface area contributed by atoms with Crippen molar-refractivity contribution in [3.63, 3.8) is 0 Å². The van der Waals surface area contributed by atoms with Gasteiger partial charge in [-0.3, -0.25) is 9.48 Å². The van der Waals surface area contributed by atoms with E-state index in [1.807, 2.05) is 4.68 Å². The minimum atomic E-state index is -1.24. The van der Waals surface area contributed by atoms with E-state index < -0.39 is 17.9 Å². The first-order valence-corrected chi connectivity index (χ1v) is 9.12. The van der Waals surface area contributed by atoms with Gasteiger partial charge in [0.1, 0.15) is 5.75 Å². The van der Waals surface area contributed by atoms with Gasteiger partial charge in [0.2, 0.25) is 0 Å². The van der Waals surface area contributed by atoms with Crippen LogP contribution < -0.4 is 10.1 Å². The van der Waals surface area contributed by atoms with Gasteiger partial charge in [-0.05, 0) is 37.5 Å². The molecular weight excluding hydrogens is 370 g/mol. The summed E-state index contributed by atoms with van der Waals surface area (Å²) in [7, 11) is 1.47. The van der Waals surface area contributed by atoms with Gasteiger partial charge in [-0.15, -0.1) is 0 Å². The van der Waals surface area contributed by atoms with Crippen LogP contribution in [0.1, 0.15) is 60.4 Å². The molecule has 0 spiro atoms. The average Bonchev–Trinajstić information content (AvgIpc) is 3.02. The Balaban J connectivity index is 2.28. The number of nitrogens with zero attached hydrogens (tertiary/aromatic N) is 2. The lowest BCUT2D eigenvalue weighted by atomic mass is 10.1. The number of carboxylic acids is 1. The number of carbonyl (C=O) groups is 2. The molecule has 0 fully saturated rings. The van der Waals surface area contributed by atoms with Crippen molar-refractivity contribution < 1.29 is 19.4 Å². The van der Waals surface area contributed by atoms with Gasteiger partial charge in [0.05, 0.1) is 29.9 Å². The highest BCUT2D eigenvalue weighted by molar-refractivity contribution is 6.32. The molecule has 8 heteroatoms. The smallest absolute Gasteiger partial charge is 0.330 e. The summed E-state index contributed by atoms with van der Waals surface area (Å²) in [5.74, 6) is -1.25. The van der Waals surface area contributed by atoms with E-state index in [2.05, 4.69) is 24.3 Å². The number of aromatic nitrogens is 2. The van der Waals surface area contributed by atoms with E-state index in [4.69, 9.17) is 16.3 Å². The zero-order valence-electron chi connectivity index (χ0n) is 15.8. The van der Waals surface area contributed by atoms with Gasteiger partial charge in [0.15, 0.2) is 6.04 Å². The summed E-state index contributed by atoms with van der Waals surface area (Å²) in [5, 5.41) is 16.7. The fourth-order valence-corrected chi connectivity index (χ4v) is 3.27. The summed E-state index contributed by atoms with van der Waals surface area (Å²) < 4.78 is 6.89. The Morgan fingerprint density at radius 3 is 2.52 bits per heavy atom. The number of benzene rings is 1. The molecule has 146 valence electrons. The third kappa shape index (κ3) is 4.42. The van der Waals surface area contributed by atoms with Gasteiger partial charge in [-0.1, -0.05) is 31.5 Å². The lowest BCUT2D eigenvalue weighted by molar-refractivity contribution is -0.139. The Kier molecular flexibility index (Phi) is 6.85. The van der Waals surface area contributed by atoms with Crippen LogP contribution in [-0.2, 0) is 4.79 Å². The predicted molar refractivity (Wildman–Crippen MR) is 102 cm³/mol. The Morgan fingerprint density at radius 2 is 2.00 bits per heavy atom. The van der Waals surface area contributed by atoms with E-state index in [-0.39, 0.29) is 11.1 Å².